The number of hydrogen-bond acceptors (Lipinski definition) is 6. The number of carbonyl (C=O) groups excluding carboxylic acids is 1. The zero-order chi connectivity index (χ0) is 26.3. The van der Waals surface area contributed by atoms with Crippen molar-refractivity contribution in [1.29, 1.82) is 0 Å². The first-order valence-electron chi connectivity index (χ1n) is 11.9. The van der Waals surface area contributed by atoms with Gasteiger partial charge in [-0.1, -0.05) is 70.0 Å². The summed E-state index contributed by atoms with van der Waals surface area (Å²) in [5, 5.41) is 11.3. The van der Waals surface area contributed by atoms with Crippen LogP contribution in [0.2, 0.25) is 0 Å². The summed E-state index contributed by atoms with van der Waals surface area (Å²) in [6, 6.07) is 20.3. The largest absolute Gasteiger partial charge is 0.460 e. The summed E-state index contributed by atoms with van der Waals surface area (Å²) in [6.07, 6.45) is 0.157. The third-order valence-corrected chi connectivity index (χ3v) is 9.28. The summed E-state index contributed by atoms with van der Waals surface area (Å²) in [6.45, 7) is 3.74. The molecule has 0 aliphatic carbocycles. The van der Waals surface area contributed by atoms with Crippen LogP contribution in [0.25, 0.3) is 0 Å². The number of halogens is 1. The van der Waals surface area contributed by atoms with Crippen molar-refractivity contribution in [3.8, 4) is 0 Å². The molecule has 0 saturated heterocycles. The molecule has 0 saturated carbocycles. The summed E-state index contributed by atoms with van der Waals surface area (Å²) in [5.74, 6) is -2.04. The maximum absolute atomic E-state index is 14.3. The van der Waals surface area contributed by atoms with Gasteiger partial charge in [-0.25, -0.2) is 13.2 Å². The van der Waals surface area contributed by atoms with E-state index in [1.54, 1.807) is 49.4 Å². The summed E-state index contributed by atoms with van der Waals surface area (Å²) >= 11 is 3.59. The number of benzene rings is 3. The van der Waals surface area contributed by atoms with Crippen LogP contribution >= 0.6 is 15.9 Å². The van der Waals surface area contributed by atoms with Gasteiger partial charge in [-0.3, -0.25) is 4.31 Å². The topological polar surface area (TPSA) is 93.1 Å². The molecule has 0 spiro atoms. The number of nitrogens with zero attached hydrogens (tertiary/aromatic N) is 1. The number of sulfonamides is 1. The second-order valence-corrected chi connectivity index (χ2v) is 11.7. The van der Waals surface area contributed by atoms with Gasteiger partial charge in [0.1, 0.15) is 0 Å². The quantitative estimate of drug-likeness (QED) is 0.415. The number of aliphatic hydroxyl groups is 1. The summed E-state index contributed by atoms with van der Waals surface area (Å²) < 4.78 is 41.4. The van der Waals surface area contributed by atoms with Crippen LogP contribution in [0.15, 0.2) is 94.0 Å². The lowest BCUT2D eigenvalue weighted by Gasteiger charge is -2.49. The first kappa shape index (κ1) is 25.5. The molecule has 4 atom stereocenters. The zero-order valence-corrected chi connectivity index (χ0v) is 22.6. The van der Waals surface area contributed by atoms with Gasteiger partial charge in [0.2, 0.25) is 12.0 Å². The third kappa shape index (κ3) is 4.45. The monoisotopic (exact) mass is 583 g/mol. The summed E-state index contributed by atoms with van der Waals surface area (Å²) in [4.78, 5) is 12.7. The fourth-order valence-corrected chi connectivity index (χ4v) is 7.30. The van der Waals surface area contributed by atoms with E-state index in [9.17, 15) is 18.3 Å². The average molecular weight is 584 g/mol. The lowest BCUT2D eigenvalue weighted by atomic mass is 9.73. The van der Waals surface area contributed by atoms with Gasteiger partial charge >= 0.3 is 5.97 Å². The molecule has 0 aromatic heterocycles. The Kier molecular flexibility index (Phi) is 6.87. The molecule has 9 heteroatoms. The Hall–Kier alpha value is -3.14. The number of aliphatic hydroxyl groups excluding tert-OH is 1. The Morgan fingerprint density at radius 2 is 1.68 bits per heavy atom. The molecule has 37 heavy (non-hydrogen) atoms. The van der Waals surface area contributed by atoms with Gasteiger partial charge in [-0.2, -0.15) is 0 Å². The minimum absolute atomic E-state index is 0.0916. The molecule has 0 fully saturated rings. The standard InChI is InChI=1S/C28H26BrNO6S/c1-3-35-27(31)24-16-21-19-8-5-7-11-23(19)30(37(33,34)18-14-12-17(2)13-15-18)26(25(21)28(32)36-24)20-9-4-6-10-22(20)29/h4-16,21,25-26,28,32H,3H2,1-2H3/t21-,25+,26-,28+/m1/s1. The lowest BCUT2D eigenvalue weighted by molar-refractivity contribution is -0.161. The number of fused-ring (bicyclic) bond motifs is 3. The number of ether oxygens (including phenoxy) is 2. The lowest BCUT2D eigenvalue weighted by Crippen LogP contribution is -2.50. The predicted molar refractivity (Wildman–Crippen MR) is 142 cm³/mol. The van der Waals surface area contributed by atoms with Gasteiger partial charge in [0.15, 0.2) is 0 Å². The summed E-state index contributed by atoms with van der Waals surface area (Å²) in [5.41, 5.74) is 2.74. The summed E-state index contributed by atoms with van der Waals surface area (Å²) in [7, 11) is -4.09. The molecule has 7 nitrogen and oxygen atoms in total. The number of aryl methyl sites for hydroxylation is 1. The van der Waals surface area contributed by atoms with Crippen LogP contribution < -0.4 is 4.31 Å². The van der Waals surface area contributed by atoms with Crippen molar-refractivity contribution in [1.82, 2.24) is 0 Å². The highest BCUT2D eigenvalue weighted by Gasteiger charge is 2.52. The van der Waals surface area contributed by atoms with E-state index in [4.69, 9.17) is 9.47 Å². The van der Waals surface area contributed by atoms with E-state index in [2.05, 4.69) is 15.9 Å². The number of allylic oxidation sites excluding steroid dienone is 1. The van der Waals surface area contributed by atoms with E-state index in [-0.39, 0.29) is 17.3 Å². The second kappa shape index (κ2) is 9.96. The fraction of sp³-hybridized carbons (Fsp3) is 0.250. The fourth-order valence-electron chi connectivity index (χ4n) is 5.10. The second-order valence-electron chi connectivity index (χ2n) is 9.00. The molecule has 0 radical (unpaired) electrons. The molecule has 0 bridgehead atoms. The molecular weight excluding hydrogens is 558 g/mol. The van der Waals surface area contributed by atoms with Crippen molar-refractivity contribution in [2.45, 2.75) is 37.0 Å². The van der Waals surface area contributed by atoms with Crippen LogP contribution in [-0.4, -0.2) is 32.4 Å². The first-order chi connectivity index (χ1) is 17.7. The number of carbonyl (C=O) groups is 1. The third-order valence-electron chi connectivity index (χ3n) is 6.75. The Balaban J connectivity index is 1.78. The minimum Gasteiger partial charge on any atom is -0.460 e. The van der Waals surface area contributed by atoms with Gasteiger partial charge in [-0.05, 0) is 55.3 Å². The molecule has 2 heterocycles. The zero-order valence-electron chi connectivity index (χ0n) is 20.2. The van der Waals surface area contributed by atoms with Crippen LogP contribution in [0, 0.1) is 12.8 Å². The molecule has 3 aromatic carbocycles. The molecule has 3 aromatic rings. The minimum atomic E-state index is -4.09. The van der Waals surface area contributed by atoms with Gasteiger partial charge in [0, 0.05) is 10.4 Å². The number of hydrogen-bond donors (Lipinski definition) is 1. The molecule has 1 N–H and O–H groups in total. The smallest absolute Gasteiger partial charge is 0.373 e. The highest BCUT2D eigenvalue weighted by molar-refractivity contribution is 9.10. The van der Waals surface area contributed by atoms with Crippen LogP contribution in [-0.2, 0) is 24.3 Å². The Morgan fingerprint density at radius 3 is 2.35 bits per heavy atom. The average Bonchev–Trinajstić information content (AvgIpc) is 2.88. The molecule has 0 amide bonds. The maximum Gasteiger partial charge on any atom is 0.373 e. The van der Waals surface area contributed by atoms with Crippen molar-refractivity contribution in [2.75, 3.05) is 10.9 Å². The number of rotatable bonds is 5. The Morgan fingerprint density at radius 1 is 1.03 bits per heavy atom. The predicted octanol–water partition coefficient (Wildman–Crippen LogP) is 5.20. The van der Waals surface area contributed by atoms with Crippen molar-refractivity contribution in [3.05, 3.63) is 106 Å². The normalized spacial score (nSPS) is 22.8. The van der Waals surface area contributed by atoms with E-state index in [1.807, 2.05) is 43.3 Å². The first-order valence-corrected chi connectivity index (χ1v) is 14.2. The number of para-hydroxylation sites is 1. The van der Waals surface area contributed by atoms with E-state index in [0.717, 1.165) is 5.56 Å². The van der Waals surface area contributed by atoms with Crippen LogP contribution in [0.5, 0.6) is 0 Å². The molecule has 0 unspecified atom stereocenters. The maximum atomic E-state index is 14.3. The molecule has 2 aliphatic heterocycles. The van der Waals surface area contributed by atoms with Crippen LogP contribution in [0.1, 0.15) is 35.6 Å². The highest BCUT2D eigenvalue weighted by atomic mass is 79.9. The number of esters is 1. The van der Waals surface area contributed by atoms with Crippen molar-refractivity contribution in [2.24, 2.45) is 5.92 Å². The van der Waals surface area contributed by atoms with E-state index in [0.29, 0.717) is 21.3 Å². The molecule has 5 rings (SSSR count). The van der Waals surface area contributed by atoms with E-state index < -0.39 is 40.2 Å². The molecule has 2 aliphatic rings. The Labute approximate surface area is 224 Å². The van der Waals surface area contributed by atoms with Crippen LogP contribution in [0.3, 0.4) is 0 Å². The van der Waals surface area contributed by atoms with E-state index >= 15 is 0 Å². The number of anilines is 1. The molecule has 192 valence electrons. The van der Waals surface area contributed by atoms with Crippen molar-refractivity contribution < 1.29 is 27.8 Å². The SMILES string of the molecule is CCOC(=O)C1=C[C@@H]2c3ccccc3N(S(=O)(=O)c3ccc(C)cc3)[C@H](c3ccccc3Br)[C@H]2[C@@H](O)O1. The van der Waals surface area contributed by atoms with Gasteiger partial charge in [0.05, 0.1) is 29.1 Å². The van der Waals surface area contributed by atoms with Gasteiger partial charge in [-0.15, -0.1) is 0 Å². The van der Waals surface area contributed by atoms with E-state index in [1.165, 1.54) is 4.31 Å². The van der Waals surface area contributed by atoms with Crippen LogP contribution in [0.4, 0.5) is 5.69 Å². The highest BCUT2D eigenvalue weighted by Crippen LogP contribution is 2.55. The molecular formula is C28H26BrNO6S. The van der Waals surface area contributed by atoms with Gasteiger partial charge < -0.3 is 14.6 Å². The van der Waals surface area contributed by atoms with Crippen molar-refractivity contribution in [3.63, 3.8) is 0 Å². The van der Waals surface area contributed by atoms with Crippen molar-refractivity contribution >= 4 is 37.6 Å². The van der Waals surface area contributed by atoms with Gasteiger partial charge in [0.25, 0.3) is 10.0 Å². The Bertz CT molecular complexity index is 1470.